The van der Waals surface area contributed by atoms with Gasteiger partial charge in [-0.25, -0.2) is 4.79 Å². The van der Waals surface area contributed by atoms with Crippen LogP contribution < -0.4 is 10.2 Å². The number of nitrogens with one attached hydrogen (secondary N) is 1. The molecular formula is C11H14N2O3. The summed E-state index contributed by atoms with van der Waals surface area (Å²) in [6.07, 6.45) is 0. The maximum absolute atomic E-state index is 10.9. The summed E-state index contributed by atoms with van der Waals surface area (Å²) in [5.41, 5.74) is 2.04. The Morgan fingerprint density at radius 3 is 3.00 bits per heavy atom. The molecule has 0 saturated heterocycles. The molecule has 86 valence electrons. The van der Waals surface area contributed by atoms with E-state index in [9.17, 15) is 4.79 Å². The van der Waals surface area contributed by atoms with E-state index in [1.807, 2.05) is 4.90 Å². The molecule has 1 heterocycles. The van der Waals surface area contributed by atoms with Crippen LogP contribution in [0.2, 0.25) is 0 Å². The Kier molecular flexibility index (Phi) is 2.96. The van der Waals surface area contributed by atoms with Crippen molar-refractivity contribution in [2.75, 3.05) is 36.5 Å². The van der Waals surface area contributed by atoms with E-state index in [4.69, 9.17) is 10.2 Å². The topological polar surface area (TPSA) is 72.8 Å². The number of rotatable bonds is 3. The quantitative estimate of drug-likeness (QED) is 0.698. The van der Waals surface area contributed by atoms with Crippen molar-refractivity contribution in [2.24, 2.45) is 0 Å². The molecule has 0 aromatic heterocycles. The highest BCUT2D eigenvalue weighted by molar-refractivity contribution is 5.91. The van der Waals surface area contributed by atoms with Gasteiger partial charge in [-0.15, -0.1) is 0 Å². The van der Waals surface area contributed by atoms with Gasteiger partial charge in [0.05, 0.1) is 23.5 Å². The third kappa shape index (κ3) is 1.94. The fourth-order valence-electron chi connectivity index (χ4n) is 1.87. The molecule has 0 amide bonds. The Morgan fingerprint density at radius 2 is 2.31 bits per heavy atom. The van der Waals surface area contributed by atoms with Crippen LogP contribution in [-0.2, 0) is 0 Å². The first-order valence-electron chi connectivity index (χ1n) is 5.19. The first kappa shape index (κ1) is 10.8. The molecule has 16 heavy (non-hydrogen) atoms. The second-order valence-electron chi connectivity index (χ2n) is 3.67. The van der Waals surface area contributed by atoms with E-state index < -0.39 is 5.97 Å². The second kappa shape index (κ2) is 4.40. The first-order chi connectivity index (χ1) is 7.72. The van der Waals surface area contributed by atoms with E-state index in [2.05, 4.69) is 5.32 Å². The van der Waals surface area contributed by atoms with E-state index in [1.54, 1.807) is 18.2 Å². The lowest BCUT2D eigenvalue weighted by molar-refractivity contribution is 0.0697. The second-order valence-corrected chi connectivity index (χ2v) is 3.67. The van der Waals surface area contributed by atoms with Gasteiger partial charge in [-0.05, 0) is 18.2 Å². The number of aliphatic hydroxyl groups is 1. The van der Waals surface area contributed by atoms with E-state index in [0.717, 1.165) is 24.5 Å². The number of fused-ring (bicyclic) bond motifs is 1. The molecule has 0 atom stereocenters. The molecule has 5 heteroatoms. The maximum atomic E-state index is 10.9. The standard InChI is InChI=1S/C11H14N2O3/c14-6-5-13-4-3-12-9-2-1-8(11(15)16)7-10(9)13/h1-2,7,12,14H,3-6H2,(H,15,16). The minimum absolute atomic E-state index is 0.0662. The van der Waals surface area contributed by atoms with Crippen LogP contribution in [0.1, 0.15) is 10.4 Å². The molecule has 3 N–H and O–H groups in total. The fourth-order valence-corrected chi connectivity index (χ4v) is 1.87. The predicted molar refractivity (Wildman–Crippen MR) is 61.2 cm³/mol. The summed E-state index contributed by atoms with van der Waals surface area (Å²) >= 11 is 0. The molecule has 0 fully saturated rings. The highest BCUT2D eigenvalue weighted by Gasteiger charge is 2.17. The minimum atomic E-state index is -0.933. The normalized spacial score (nSPS) is 14.2. The van der Waals surface area contributed by atoms with Gasteiger partial charge in [0.2, 0.25) is 0 Å². The highest BCUT2D eigenvalue weighted by atomic mass is 16.4. The molecule has 1 aromatic carbocycles. The van der Waals surface area contributed by atoms with Gasteiger partial charge in [0.25, 0.3) is 0 Å². The van der Waals surface area contributed by atoms with Gasteiger partial charge in [-0.1, -0.05) is 0 Å². The van der Waals surface area contributed by atoms with Crippen LogP contribution in [0.5, 0.6) is 0 Å². The third-order valence-corrected chi connectivity index (χ3v) is 2.65. The van der Waals surface area contributed by atoms with Crippen molar-refractivity contribution in [3.05, 3.63) is 23.8 Å². The monoisotopic (exact) mass is 222 g/mol. The summed E-state index contributed by atoms with van der Waals surface area (Å²) in [6.45, 7) is 2.17. The summed E-state index contributed by atoms with van der Waals surface area (Å²) in [5, 5.41) is 21.1. The summed E-state index contributed by atoms with van der Waals surface area (Å²) in [5.74, 6) is -0.933. The summed E-state index contributed by atoms with van der Waals surface area (Å²) < 4.78 is 0. The Labute approximate surface area is 93.3 Å². The van der Waals surface area contributed by atoms with Crippen molar-refractivity contribution in [1.29, 1.82) is 0 Å². The zero-order valence-electron chi connectivity index (χ0n) is 8.81. The lowest BCUT2D eigenvalue weighted by Crippen LogP contribution is -2.36. The van der Waals surface area contributed by atoms with E-state index >= 15 is 0 Å². The van der Waals surface area contributed by atoms with Crippen LogP contribution in [0.15, 0.2) is 18.2 Å². The van der Waals surface area contributed by atoms with Crippen LogP contribution in [0.4, 0.5) is 11.4 Å². The van der Waals surface area contributed by atoms with Crippen LogP contribution in [-0.4, -0.2) is 42.4 Å². The Hall–Kier alpha value is -1.75. The molecule has 1 aliphatic heterocycles. The Balaban J connectivity index is 2.36. The summed E-state index contributed by atoms with van der Waals surface area (Å²) in [6, 6.07) is 4.98. The predicted octanol–water partition coefficient (Wildman–Crippen LogP) is 0.609. The molecule has 0 unspecified atom stereocenters. The van der Waals surface area contributed by atoms with Gasteiger partial charge in [0.1, 0.15) is 0 Å². The number of nitrogens with zero attached hydrogens (tertiary/aromatic N) is 1. The number of carboxylic acid groups (broad SMARTS) is 1. The minimum Gasteiger partial charge on any atom is -0.478 e. The Morgan fingerprint density at radius 1 is 1.50 bits per heavy atom. The molecule has 0 aliphatic carbocycles. The van der Waals surface area contributed by atoms with E-state index in [1.165, 1.54) is 0 Å². The van der Waals surface area contributed by atoms with E-state index in [-0.39, 0.29) is 12.2 Å². The SMILES string of the molecule is O=C(O)c1ccc2c(c1)N(CCO)CCN2. The number of benzene rings is 1. The summed E-state index contributed by atoms with van der Waals surface area (Å²) in [4.78, 5) is 12.8. The summed E-state index contributed by atoms with van der Waals surface area (Å²) in [7, 11) is 0. The molecule has 1 aliphatic rings. The highest BCUT2D eigenvalue weighted by Crippen LogP contribution is 2.29. The van der Waals surface area contributed by atoms with Gasteiger partial charge in [-0.2, -0.15) is 0 Å². The zero-order valence-corrected chi connectivity index (χ0v) is 8.81. The molecule has 0 bridgehead atoms. The van der Waals surface area contributed by atoms with Crippen molar-refractivity contribution < 1.29 is 15.0 Å². The van der Waals surface area contributed by atoms with Crippen LogP contribution in [0.3, 0.4) is 0 Å². The molecule has 1 aromatic rings. The maximum Gasteiger partial charge on any atom is 0.335 e. The lowest BCUT2D eigenvalue weighted by atomic mass is 10.1. The number of hydrogen-bond donors (Lipinski definition) is 3. The number of β-amino-alcohol motifs (C(OH)–C–C–N with tert-alkyl or cyclic N) is 1. The van der Waals surface area contributed by atoms with Crippen molar-refractivity contribution in [2.45, 2.75) is 0 Å². The van der Waals surface area contributed by atoms with Gasteiger partial charge in [-0.3, -0.25) is 0 Å². The largest absolute Gasteiger partial charge is 0.478 e. The number of aromatic carboxylic acids is 1. The van der Waals surface area contributed by atoms with Crippen molar-refractivity contribution in [3.63, 3.8) is 0 Å². The van der Waals surface area contributed by atoms with Crippen LogP contribution >= 0.6 is 0 Å². The molecular weight excluding hydrogens is 208 g/mol. The number of hydrogen-bond acceptors (Lipinski definition) is 4. The van der Waals surface area contributed by atoms with Crippen molar-refractivity contribution in [1.82, 2.24) is 0 Å². The number of carbonyl (C=O) groups is 1. The van der Waals surface area contributed by atoms with Gasteiger partial charge in [0, 0.05) is 19.6 Å². The number of aliphatic hydroxyl groups excluding tert-OH is 1. The van der Waals surface area contributed by atoms with Crippen LogP contribution in [0.25, 0.3) is 0 Å². The molecule has 2 rings (SSSR count). The zero-order chi connectivity index (χ0) is 11.5. The third-order valence-electron chi connectivity index (χ3n) is 2.65. The molecule has 0 saturated carbocycles. The van der Waals surface area contributed by atoms with Crippen molar-refractivity contribution >= 4 is 17.3 Å². The number of anilines is 2. The van der Waals surface area contributed by atoms with Crippen LogP contribution in [0, 0.1) is 0 Å². The smallest absolute Gasteiger partial charge is 0.335 e. The Bertz CT molecular complexity index is 406. The van der Waals surface area contributed by atoms with Gasteiger partial charge < -0.3 is 20.4 Å². The van der Waals surface area contributed by atoms with Gasteiger partial charge in [0.15, 0.2) is 0 Å². The van der Waals surface area contributed by atoms with Crippen molar-refractivity contribution in [3.8, 4) is 0 Å². The molecule has 0 radical (unpaired) electrons. The lowest BCUT2D eigenvalue weighted by Gasteiger charge is -2.31. The average molecular weight is 222 g/mol. The van der Waals surface area contributed by atoms with E-state index in [0.29, 0.717) is 6.54 Å². The fraction of sp³-hybridized carbons (Fsp3) is 0.364. The van der Waals surface area contributed by atoms with Gasteiger partial charge >= 0.3 is 5.97 Å². The molecule has 0 spiro atoms. The first-order valence-corrected chi connectivity index (χ1v) is 5.19. The average Bonchev–Trinajstić information content (AvgIpc) is 2.29. The molecule has 5 nitrogen and oxygen atoms in total. The number of carboxylic acids is 1.